The van der Waals surface area contributed by atoms with Gasteiger partial charge < -0.3 is 0 Å². The molecule has 0 bridgehead atoms. The summed E-state index contributed by atoms with van der Waals surface area (Å²) >= 11 is 0. The lowest BCUT2D eigenvalue weighted by molar-refractivity contribution is -0.168. The molecule has 0 aliphatic carbocycles. The van der Waals surface area contributed by atoms with E-state index in [1.165, 1.54) is 5.06 Å². The maximum absolute atomic E-state index is 10.2. The molecule has 0 radical (unpaired) electrons. The van der Waals surface area contributed by atoms with Gasteiger partial charge in [-0.15, -0.1) is 6.58 Å². The van der Waals surface area contributed by atoms with Crippen LogP contribution in [-0.4, -0.2) is 24.6 Å². The van der Waals surface area contributed by atoms with E-state index in [1.54, 1.807) is 6.08 Å². The Morgan fingerprint density at radius 3 is 2.82 bits per heavy atom. The highest BCUT2D eigenvalue weighted by Gasteiger charge is 1.96. The van der Waals surface area contributed by atoms with Crippen molar-refractivity contribution >= 4 is 6.41 Å². The predicted octanol–water partition coefficient (Wildman–Crippen LogP) is 1.36. The highest BCUT2D eigenvalue weighted by Crippen LogP contribution is 1.91. The van der Waals surface area contributed by atoms with Gasteiger partial charge >= 0.3 is 0 Å². The first kappa shape index (κ1) is 10.2. The molecule has 0 saturated carbocycles. The third kappa shape index (κ3) is 5.61. The predicted molar refractivity (Wildman–Crippen MR) is 43.8 cm³/mol. The molecule has 1 amide bonds. The van der Waals surface area contributed by atoms with Crippen LogP contribution in [0.25, 0.3) is 0 Å². The van der Waals surface area contributed by atoms with Crippen molar-refractivity contribution in [2.75, 3.05) is 13.2 Å². The molecular formula is C8H15NO2. The minimum atomic E-state index is 0.452. The van der Waals surface area contributed by atoms with Gasteiger partial charge in [0.05, 0.1) is 13.2 Å². The Bertz CT molecular complexity index is 115. The molecule has 0 fully saturated rings. The molecular weight excluding hydrogens is 142 g/mol. The number of hydroxylamine groups is 2. The van der Waals surface area contributed by atoms with Crippen molar-refractivity contribution < 1.29 is 9.63 Å². The summed E-state index contributed by atoms with van der Waals surface area (Å²) in [7, 11) is 0. The summed E-state index contributed by atoms with van der Waals surface area (Å²) in [4.78, 5) is 15.3. The summed E-state index contributed by atoms with van der Waals surface area (Å²) in [6, 6.07) is 0. The van der Waals surface area contributed by atoms with Gasteiger partial charge in [0.1, 0.15) is 0 Å². The van der Waals surface area contributed by atoms with Crippen LogP contribution in [0.5, 0.6) is 0 Å². The van der Waals surface area contributed by atoms with E-state index in [0.717, 1.165) is 12.8 Å². The SMILES string of the molecule is C=CCN(C=O)OCCCC. The number of carbonyl (C=O) groups is 1. The van der Waals surface area contributed by atoms with Gasteiger partial charge in [0, 0.05) is 0 Å². The number of unbranched alkanes of at least 4 members (excludes halogenated alkanes) is 1. The summed E-state index contributed by atoms with van der Waals surface area (Å²) in [6.45, 7) is 6.62. The molecule has 3 heteroatoms. The van der Waals surface area contributed by atoms with E-state index < -0.39 is 0 Å². The zero-order valence-corrected chi connectivity index (χ0v) is 6.95. The zero-order chi connectivity index (χ0) is 8.53. The first-order valence-corrected chi connectivity index (χ1v) is 3.80. The summed E-state index contributed by atoms with van der Waals surface area (Å²) in [5.41, 5.74) is 0. The Hall–Kier alpha value is -0.830. The Morgan fingerprint density at radius 1 is 1.64 bits per heavy atom. The van der Waals surface area contributed by atoms with Crippen molar-refractivity contribution in [1.29, 1.82) is 0 Å². The summed E-state index contributed by atoms with van der Waals surface area (Å²) in [6.07, 6.45) is 4.33. The van der Waals surface area contributed by atoms with Gasteiger partial charge in [0.25, 0.3) is 0 Å². The number of rotatable bonds is 7. The molecule has 0 unspecified atom stereocenters. The summed E-state index contributed by atoms with van der Waals surface area (Å²) in [5.74, 6) is 0. The molecule has 11 heavy (non-hydrogen) atoms. The van der Waals surface area contributed by atoms with E-state index in [1.807, 2.05) is 0 Å². The smallest absolute Gasteiger partial charge is 0.233 e. The quantitative estimate of drug-likeness (QED) is 0.242. The van der Waals surface area contributed by atoms with Crippen LogP contribution in [0.15, 0.2) is 12.7 Å². The maximum atomic E-state index is 10.2. The molecule has 0 aliphatic heterocycles. The second-order valence-electron chi connectivity index (χ2n) is 2.18. The summed E-state index contributed by atoms with van der Waals surface area (Å²) in [5, 5.41) is 1.24. The van der Waals surface area contributed by atoms with Crippen LogP contribution in [0.4, 0.5) is 0 Å². The van der Waals surface area contributed by atoms with E-state index in [4.69, 9.17) is 4.84 Å². The van der Waals surface area contributed by atoms with Gasteiger partial charge in [-0.1, -0.05) is 19.4 Å². The number of hydrogen-bond acceptors (Lipinski definition) is 2. The lowest BCUT2D eigenvalue weighted by Crippen LogP contribution is -2.22. The fourth-order valence-corrected chi connectivity index (χ4v) is 0.580. The first-order chi connectivity index (χ1) is 5.35. The Balaban J connectivity index is 3.35. The molecule has 0 atom stereocenters. The minimum Gasteiger partial charge on any atom is -0.276 e. The van der Waals surface area contributed by atoms with E-state index in [9.17, 15) is 4.79 Å². The second kappa shape index (κ2) is 7.28. The van der Waals surface area contributed by atoms with Crippen molar-refractivity contribution in [3.05, 3.63) is 12.7 Å². The molecule has 0 heterocycles. The zero-order valence-electron chi connectivity index (χ0n) is 6.95. The van der Waals surface area contributed by atoms with Crippen LogP contribution in [0, 0.1) is 0 Å². The standard InChI is InChI=1S/C8H15NO2/c1-3-5-7-11-9(8-10)6-4-2/h4,8H,2-3,5-7H2,1H3. The van der Waals surface area contributed by atoms with Gasteiger partial charge in [-0.3, -0.25) is 9.63 Å². The van der Waals surface area contributed by atoms with Gasteiger partial charge in [-0.2, -0.15) is 0 Å². The van der Waals surface area contributed by atoms with Crippen molar-refractivity contribution in [2.24, 2.45) is 0 Å². The molecule has 0 aliphatic rings. The van der Waals surface area contributed by atoms with Gasteiger partial charge in [0.2, 0.25) is 6.41 Å². The average Bonchev–Trinajstić information content (AvgIpc) is 2.03. The Labute approximate surface area is 67.6 Å². The molecule has 64 valence electrons. The Kier molecular flexibility index (Phi) is 6.73. The molecule has 0 rings (SSSR count). The van der Waals surface area contributed by atoms with Crippen molar-refractivity contribution in [3.63, 3.8) is 0 Å². The molecule has 0 aromatic carbocycles. The van der Waals surface area contributed by atoms with Crippen molar-refractivity contribution in [2.45, 2.75) is 19.8 Å². The van der Waals surface area contributed by atoms with Gasteiger partial charge in [0.15, 0.2) is 0 Å². The fraction of sp³-hybridized carbons (Fsp3) is 0.625. The van der Waals surface area contributed by atoms with E-state index >= 15 is 0 Å². The van der Waals surface area contributed by atoms with Crippen LogP contribution in [0.2, 0.25) is 0 Å². The molecule has 0 spiro atoms. The van der Waals surface area contributed by atoms with Crippen LogP contribution in [-0.2, 0) is 9.63 Å². The van der Waals surface area contributed by atoms with Crippen LogP contribution in [0.1, 0.15) is 19.8 Å². The van der Waals surface area contributed by atoms with E-state index in [-0.39, 0.29) is 0 Å². The monoisotopic (exact) mass is 157 g/mol. The van der Waals surface area contributed by atoms with E-state index in [2.05, 4.69) is 13.5 Å². The largest absolute Gasteiger partial charge is 0.276 e. The van der Waals surface area contributed by atoms with Crippen LogP contribution >= 0.6 is 0 Å². The molecule has 0 aromatic rings. The highest BCUT2D eigenvalue weighted by atomic mass is 16.7. The van der Waals surface area contributed by atoms with Gasteiger partial charge in [-0.25, -0.2) is 5.06 Å². The topological polar surface area (TPSA) is 29.5 Å². The number of nitrogens with zero attached hydrogens (tertiary/aromatic N) is 1. The summed E-state index contributed by atoms with van der Waals surface area (Å²) < 4.78 is 0. The molecule has 0 saturated heterocycles. The molecule has 3 nitrogen and oxygen atoms in total. The third-order valence-corrected chi connectivity index (χ3v) is 1.18. The first-order valence-electron chi connectivity index (χ1n) is 3.80. The minimum absolute atomic E-state index is 0.452. The Morgan fingerprint density at radius 2 is 2.36 bits per heavy atom. The van der Waals surface area contributed by atoms with Crippen molar-refractivity contribution in [1.82, 2.24) is 5.06 Å². The number of hydrogen-bond donors (Lipinski definition) is 0. The van der Waals surface area contributed by atoms with Crippen molar-refractivity contribution in [3.8, 4) is 0 Å². The lowest BCUT2D eigenvalue weighted by Gasteiger charge is -2.13. The lowest BCUT2D eigenvalue weighted by atomic mass is 10.4. The number of amides is 1. The van der Waals surface area contributed by atoms with Gasteiger partial charge in [-0.05, 0) is 6.42 Å². The number of carbonyl (C=O) groups excluding carboxylic acids is 1. The third-order valence-electron chi connectivity index (χ3n) is 1.18. The molecule has 0 aromatic heterocycles. The fourth-order valence-electron chi connectivity index (χ4n) is 0.580. The average molecular weight is 157 g/mol. The van der Waals surface area contributed by atoms with Crippen LogP contribution in [0.3, 0.4) is 0 Å². The van der Waals surface area contributed by atoms with E-state index in [0.29, 0.717) is 19.6 Å². The highest BCUT2D eigenvalue weighted by molar-refractivity contribution is 5.45. The molecule has 0 N–H and O–H groups in total. The maximum Gasteiger partial charge on any atom is 0.233 e. The normalized spacial score (nSPS) is 9.18. The second-order valence-corrected chi connectivity index (χ2v) is 2.18. The van der Waals surface area contributed by atoms with Crippen LogP contribution < -0.4 is 0 Å².